The molecular weight excluding hydrogens is 288 g/mol. The Morgan fingerprint density at radius 1 is 1.33 bits per heavy atom. The molecule has 1 atom stereocenters. The lowest BCUT2D eigenvalue weighted by atomic mass is 10.0. The number of H-pyrrole nitrogens is 1. The van der Waals surface area contributed by atoms with Gasteiger partial charge >= 0.3 is 0 Å². The van der Waals surface area contributed by atoms with E-state index in [1.165, 1.54) is 0 Å². The zero-order valence-electron chi connectivity index (χ0n) is 12.1. The van der Waals surface area contributed by atoms with Crippen LogP contribution < -0.4 is 10.5 Å². The molecule has 114 valence electrons. The van der Waals surface area contributed by atoms with Gasteiger partial charge in [-0.2, -0.15) is 5.10 Å². The fourth-order valence-corrected chi connectivity index (χ4v) is 3.67. The topological polar surface area (TPSA) is 101 Å². The van der Waals surface area contributed by atoms with Gasteiger partial charge in [-0.3, -0.25) is 5.10 Å². The fraction of sp³-hybridized carbons (Fsp3) is 0.357. The number of nitrogens with two attached hydrogens (primary N) is 1. The first-order valence-electron chi connectivity index (χ1n) is 6.74. The van der Waals surface area contributed by atoms with Gasteiger partial charge in [-0.1, -0.05) is 37.3 Å². The van der Waals surface area contributed by atoms with Crippen LogP contribution in [0, 0.1) is 6.92 Å². The van der Waals surface area contributed by atoms with Gasteiger partial charge in [0.1, 0.15) is 4.90 Å². The quantitative estimate of drug-likeness (QED) is 0.747. The van der Waals surface area contributed by atoms with Crippen LogP contribution in [0.4, 0.5) is 0 Å². The maximum absolute atomic E-state index is 12.4. The lowest BCUT2D eigenvalue weighted by Crippen LogP contribution is -2.29. The predicted molar refractivity (Wildman–Crippen MR) is 81.3 cm³/mol. The number of sulfonamides is 1. The highest BCUT2D eigenvalue weighted by atomic mass is 32.2. The summed E-state index contributed by atoms with van der Waals surface area (Å²) < 4.78 is 27.4. The Morgan fingerprint density at radius 2 is 2.00 bits per heavy atom. The monoisotopic (exact) mass is 308 g/mol. The minimum absolute atomic E-state index is 0.0782. The SMILES string of the molecule is Cc1[nH]nc(CN)c1S(=O)(=O)NCC(C)c1ccccc1. The smallest absolute Gasteiger partial charge is 0.244 e. The molecule has 0 fully saturated rings. The molecule has 0 aliphatic carbocycles. The van der Waals surface area contributed by atoms with Gasteiger partial charge in [0.15, 0.2) is 0 Å². The van der Waals surface area contributed by atoms with E-state index in [9.17, 15) is 8.42 Å². The molecule has 0 aliphatic heterocycles. The lowest BCUT2D eigenvalue weighted by Gasteiger charge is -2.13. The molecule has 0 bridgehead atoms. The third-order valence-electron chi connectivity index (χ3n) is 3.37. The van der Waals surface area contributed by atoms with Crippen LogP contribution in [-0.4, -0.2) is 25.2 Å². The molecule has 1 aromatic heterocycles. The number of nitrogens with zero attached hydrogens (tertiary/aromatic N) is 1. The van der Waals surface area contributed by atoms with Crippen LogP contribution >= 0.6 is 0 Å². The van der Waals surface area contributed by atoms with Crippen molar-refractivity contribution in [2.45, 2.75) is 31.2 Å². The lowest BCUT2D eigenvalue weighted by molar-refractivity contribution is 0.573. The zero-order valence-corrected chi connectivity index (χ0v) is 12.9. The Bertz CT molecular complexity index is 695. The summed E-state index contributed by atoms with van der Waals surface area (Å²) >= 11 is 0. The van der Waals surface area contributed by atoms with E-state index in [1.807, 2.05) is 37.3 Å². The molecule has 2 rings (SSSR count). The molecule has 0 amide bonds. The number of hydrogen-bond donors (Lipinski definition) is 3. The van der Waals surface area contributed by atoms with E-state index < -0.39 is 10.0 Å². The first kappa shape index (κ1) is 15.7. The van der Waals surface area contributed by atoms with Crippen LogP contribution in [0.15, 0.2) is 35.2 Å². The van der Waals surface area contributed by atoms with E-state index in [0.29, 0.717) is 17.9 Å². The summed E-state index contributed by atoms with van der Waals surface area (Å²) in [6.45, 7) is 4.04. The van der Waals surface area contributed by atoms with E-state index >= 15 is 0 Å². The van der Waals surface area contributed by atoms with Crippen LogP contribution in [0.5, 0.6) is 0 Å². The summed E-state index contributed by atoms with van der Waals surface area (Å²) in [6, 6.07) is 9.77. The summed E-state index contributed by atoms with van der Waals surface area (Å²) in [5.41, 5.74) is 7.47. The zero-order chi connectivity index (χ0) is 15.5. The van der Waals surface area contributed by atoms with Crippen molar-refractivity contribution in [3.8, 4) is 0 Å². The van der Waals surface area contributed by atoms with Gasteiger partial charge in [-0.15, -0.1) is 0 Å². The molecule has 0 radical (unpaired) electrons. The molecule has 4 N–H and O–H groups in total. The second-order valence-corrected chi connectivity index (χ2v) is 6.70. The molecule has 21 heavy (non-hydrogen) atoms. The number of aryl methyl sites for hydroxylation is 1. The molecule has 0 saturated carbocycles. The maximum Gasteiger partial charge on any atom is 0.244 e. The van der Waals surface area contributed by atoms with Crippen molar-refractivity contribution in [3.05, 3.63) is 47.3 Å². The van der Waals surface area contributed by atoms with E-state index in [0.717, 1.165) is 5.56 Å². The highest BCUT2D eigenvalue weighted by Gasteiger charge is 2.24. The molecule has 7 heteroatoms. The minimum atomic E-state index is -3.62. The van der Waals surface area contributed by atoms with E-state index in [4.69, 9.17) is 5.73 Å². The highest BCUT2D eigenvalue weighted by Crippen LogP contribution is 2.19. The molecule has 0 saturated heterocycles. The van der Waals surface area contributed by atoms with Crippen LogP contribution in [-0.2, 0) is 16.6 Å². The predicted octanol–water partition coefficient (Wildman–Crippen LogP) is 1.26. The Balaban J connectivity index is 2.13. The number of benzene rings is 1. The number of aromatic amines is 1. The molecule has 1 unspecified atom stereocenters. The largest absolute Gasteiger partial charge is 0.325 e. The van der Waals surface area contributed by atoms with Gasteiger partial charge < -0.3 is 5.73 Å². The van der Waals surface area contributed by atoms with E-state index in [-0.39, 0.29) is 17.4 Å². The van der Waals surface area contributed by atoms with E-state index in [2.05, 4.69) is 14.9 Å². The molecule has 1 heterocycles. The average Bonchev–Trinajstić information content (AvgIpc) is 2.87. The Labute approximate surface area is 124 Å². The first-order valence-corrected chi connectivity index (χ1v) is 8.22. The average molecular weight is 308 g/mol. The Kier molecular flexibility index (Phi) is 4.76. The normalized spacial score (nSPS) is 13.3. The second-order valence-electron chi connectivity index (χ2n) is 4.99. The van der Waals surface area contributed by atoms with Gasteiger partial charge in [0.25, 0.3) is 0 Å². The van der Waals surface area contributed by atoms with Crippen molar-refractivity contribution in [1.82, 2.24) is 14.9 Å². The number of rotatable bonds is 6. The maximum atomic E-state index is 12.4. The van der Waals surface area contributed by atoms with Crippen molar-refractivity contribution in [2.75, 3.05) is 6.54 Å². The summed E-state index contributed by atoms with van der Waals surface area (Å²) in [5.74, 6) is 0.0782. The van der Waals surface area contributed by atoms with Crippen LogP contribution in [0.3, 0.4) is 0 Å². The third-order valence-corrected chi connectivity index (χ3v) is 5.00. The molecule has 1 aromatic carbocycles. The number of hydrogen-bond acceptors (Lipinski definition) is 4. The van der Waals surface area contributed by atoms with Crippen molar-refractivity contribution < 1.29 is 8.42 Å². The summed E-state index contributed by atoms with van der Waals surface area (Å²) in [7, 11) is -3.62. The van der Waals surface area contributed by atoms with Crippen LogP contribution in [0.1, 0.15) is 29.8 Å². The highest BCUT2D eigenvalue weighted by molar-refractivity contribution is 7.89. The molecule has 6 nitrogen and oxygen atoms in total. The first-order chi connectivity index (χ1) is 9.95. The third kappa shape index (κ3) is 3.49. The molecule has 0 spiro atoms. The van der Waals surface area contributed by atoms with Crippen LogP contribution in [0.2, 0.25) is 0 Å². The van der Waals surface area contributed by atoms with Crippen LogP contribution in [0.25, 0.3) is 0 Å². The van der Waals surface area contributed by atoms with Crippen molar-refractivity contribution in [1.29, 1.82) is 0 Å². The minimum Gasteiger partial charge on any atom is -0.325 e. The fourth-order valence-electron chi connectivity index (χ4n) is 2.17. The number of aromatic nitrogens is 2. The Morgan fingerprint density at radius 3 is 2.62 bits per heavy atom. The van der Waals surface area contributed by atoms with Gasteiger partial charge in [0.05, 0.1) is 11.4 Å². The van der Waals surface area contributed by atoms with Crippen molar-refractivity contribution in [3.63, 3.8) is 0 Å². The summed E-state index contributed by atoms with van der Waals surface area (Å²) in [6.07, 6.45) is 0. The summed E-state index contributed by atoms with van der Waals surface area (Å²) in [4.78, 5) is 0.158. The van der Waals surface area contributed by atoms with Gasteiger partial charge in [0, 0.05) is 13.1 Å². The van der Waals surface area contributed by atoms with Crippen molar-refractivity contribution >= 4 is 10.0 Å². The molecular formula is C14H20N4O2S. The van der Waals surface area contributed by atoms with Crippen molar-refractivity contribution in [2.24, 2.45) is 5.73 Å². The number of nitrogens with one attached hydrogen (secondary N) is 2. The van der Waals surface area contributed by atoms with Gasteiger partial charge in [-0.05, 0) is 18.4 Å². The summed E-state index contributed by atoms with van der Waals surface area (Å²) in [5, 5.41) is 6.58. The Hall–Kier alpha value is -1.70. The standard InChI is InChI=1S/C14H20N4O2S/c1-10(12-6-4-3-5-7-12)9-16-21(19,20)14-11(2)17-18-13(14)8-15/h3-7,10,16H,8-9,15H2,1-2H3,(H,17,18). The molecule has 0 aliphatic rings. The van der Waals surface area contributed by atoms with E-state index in [1.54, 1.807) is 6.92 Å². The van der Waals surface area contributed by atoms with Gasteiger partial charge in [-0.25, -0.2) is 13.1 Å². The van der Waals surface area contributed by atoms with Gasteiger partial charge in [0.2, 0.25) is 10.0 Å². The molecule has 2 aromatic rings. The second kappa shape index (κ2) is 6.38.